The molecule has 1 heterocycles. The molecule has 0 fully saturated rings. The molecule has 5 nitrogen and oxygen atoms in total. The number of aromatic nitrogens is 3. The first-order chi connectivity index (χ1) is 8.65. The monoisotopic (exact) mass is 265 g/mol. The molecule has 1 aromatic heterocycles. The van der Waals surface area contributed by atoms with Crippen LogP contribution >= 0.6 is 11.6 Å². The van der Waals surface area contributed by atoms with E-state index in [-0.39, 0.29) is 0 Å². The Kier molecular flexibility index (Phi) is 4.04. The van der Waals surface area contributed by atoms with Gasteiger partial charge in [-0.15, -0.1) is 5.10 Å². The Balaban J connectivity index is 1.84. The third-order valence-corrected chi connectivity index (χ3v) is 2.70. The topological polar surface area (TPSA) is 56.8 Å². The molecule has 0 unspecified atom stereocenters. The molecule has 96 valence electrons. The van der Waals surface area contributed by atoms with Gasteiger partial charge in [0.25, 0.3) is 0 Å². The van der Waals surface area contributed by atoms with E-state index in [0.717, 1.165) is 18.0 Å². The molecule has 0 saturated carbocycles. The van der Waals surface area contributed by atoms with Crippen LogP contribution in [0.4, 0.5) is 11.9 Å². The van der Waals surface area contributed by atoms with Crippen LogP contribution in [-0.2, 0) is 6.42 Å². The van der Waals surface area contributed by atoms with Crippen molar-refractivity contribution in [3.05, 3.63) is 34.9 Å². The Bertz CT molecular complexity index is 509. The molecule has 0 aliphatic rings. The molecule has 0 amide bonds. The van der Waals surface area contributed by atoms with Gasteiger partial charge in [0, 0.05) is 25.7 Å². The Morgan fingerprint density at radius 2 is 2.22 bits per heavy atom. The van der Waals surface area contributed by atoms with Gasteiger partial charge < -0.3 is 10.2 Å². The minimum absolute atomic E-state index is 0.667. The second-order valence-corrected chi connectivity index (χ2v) is 4.62. The number of rotatable bonds is 5. The number of hydrogen-bond donors (Lipinski definition) is 2. The molecule has 2 aromatic rings. The van der Waals surface area contributed by atoms with Crippen molar-refractivity contribution in [3.63, 3.8) is 0 Å². The van der Waals surface area contributed by atoms with Gasteiger partial charge in [0.2, 0.25) is 11.9 Å². The predicted molar refractivity (Wildman–Crippen MR) is 74.4 cm³/mol. The molecule has 2 rings (SSSR count). The third-order valence-electron chi connectivity index (χ3n) is 2.47. The molecule has 0 spiro atoms. The van der Waals surface area contributed by atoms with Gasteiger partial charge in [-0.3, -0.25) is 0 Å². The summed E-state index contributed by atoms with van der Waals surface area (Å²) in [7, 11) is 3.80. The zero-order valence-corrected chi connectivity index (χ0v) is 11.2. The van der Waals surface area contributed by atoms with Crippen LogP contribution in [-0.4, -0.2) is 35.8 Å². The zero-order chi connectivity index (χ0) is 13.0. The molecule has 0 saturated heterocycles. The van der Waals surface area contributed by atoms with Crippen LogP contribution in [0.5, 0.6) is 0 Å². The molecule has 0 aliphatic heterocycles. The van der Waals surface area contributed by atoms with Crippen molar-refractivity contribution in [1.29, 1.82) is 0 Å². The highest BCUT2D eigenvalue weighted by Gasteiger charge is 2.03. The Labute approximate surface area is 111 Å². The smallest absolute Gasteiger partial charge is 0.245 e. The summed E-state index contributed by atoms with van der Waals surface area (Å²) in [6, 6.07) is 7.85. The van der Waals surface area contributed by atoms with E-state index in [0.29, 0.717) is 11.9 Å². The number of benzene rings is 1. The molecule has 0 atom stereocenters. The van der Waals surface area contributed by atoms with Crippen LogP contribution in [0.3, 0.4) is 0 Å². The number of halogens is 1. The first-order valence-corrected chi connectivity index (χ1v) is 6.11. The fourth-order valence-electron chi connectivity index (χ4n) is 1.55. The van der Waals surface area contributed by atoms with Crippen LogP contribution in [0.25, 0.3) is 0 Å². The minimum Gasteiger partial charge on any atom is -0.354 e. The minimum atomic E-state index is 0.667. The molecule has 0 aliphatic carbocycles. The quantitative estimate of drug-likeness (QED) is 0.870. The van der Waals surface area contributed by atoms with Gasteiger partial charge in [-0.25, -0.2) is 5.10 Å². The normalized spacial score (nSPS) is 10.4. The Hall–Kier alpha value is -1.75. The van der Waals surface area contributed by atoms with E-state index in [1.807, 2.05) is 37.2 Å². The lowest BCUT2D eigenvalue weighted by atomic mass is 10.1. The maximum atomic E-state index is 5.92. The van der Waals surface area contributed by atoms with Crippen LogP contribution in [0.1, 0.15) is 5.56 Å². The summed E-state index contributed by atoms with van der Waals surface area (Å²) in [6.07, 6.45) is 0.887. The van der Waals surface area contributed by atoms with E-state index in [1.54, 1.807) is 0 Å². The van der Waals surface area contributed by atoms with Crippen molar-refractivity contribution in [2.24, 2.45) is 0 Å². The van der Waals surface area contributed by atoms with Gasteiger partial charge in [0.1, 0.15) is 0 Å². The van der Waals surface area contributed by atoms with E-state index in [4.69, 9.17) is 11.6 Å². The van der Waals surface area contributed by atoms with Crippen molar-refractivity contribution in [2.75, 3.05) is 30.9 Å². The summed E-state index contributed by atoms with van der Waals surface area (Å²) in [4.78, 5) is 6.13. The molecule has 18 heavy (non-hydrogen) atoms. The predicted octanol–water partition coefficient (Wildman–Crippen LogP) is 2.18. The lowest BCUT2D eigenvalue weighted by molar-refractivity contribution is 0.980. The van der Waals surface area contributed by atoms with Crippen LogP contribution in [0.2, 0.25) is 5.02 Å². The van der Waals surface area contributed by atoms with Crippen LogP contribution < -0.4 is 10.2 Å². The fraction of sp³-hybridized carbons (Fsp3) is 0.333. The van der Waals surface area contributed by atoms with Crippen molar-refractivity contribution in [3.8, 4) is 0 Å². The largest absolute Gasteiger partial charge is 0.354 e. The third kappa shape index (κ3) is 3.37. The zero-order valence-electron chi connectivity index (χ0n) is 10.4. The fourth-order valence-corrected chi connectivity index (χ4v) is 1.76. The van der Waals surface area contributed by atoms with Gasteiger partial charge in [0.15, 0.2) is 0 Å². The molecule has 1 aromatic carbocycles. The summed E-state index contributed by atoms with van der Waals surface area (Å²) in [6.45, 7) is 0.780. The van der Waals surface area contributed by atoms with Gasteiger partial charge >= 0.3 is 0 Å². The summed E-state index contributed by atoms with van der Waals surface area (Å²) in [5.41, 5.74) is 1.20. The molecular weight excluding hydrogens is 250 g/mol. The second-order valence-electron chi connectivity index (χ2n) is 4.19. The van der Waals surface area contributed by atoms with Gasteiger partial charge in [-0.2, -0.15) is 4.98 Å². The van der Waals surface area contributed by atoms with Gasteiger partial charge in [-0.1, -0.05) is 23.7 Å². The lowest BCUT2D eigenvalue weighted by Crippen LogP contribution is -2.10. The SMILES string of the molecule is CN(C)c1n[nH]c(NCCc2cccc(Cl)c2)n1. The first kappa shape index (κ1) is 12.7. The van der Waals surface area contributed by atoms with Crippen LogP contribution in [0.15, 0.2) is 24.3 Å². The standard InChI is InChI=1S/C12H16ClN5/c1-18(2)12-15-11(16-17-12)14-7-6-9-4-3-5-10(13)8-9/h3-5,8H,6-7H2,1-2H3,(H2,14,15,16,17). The Morgan fingerprint density at radius 3 is 2.89 bits per heavy atom. The van der Waals surface area contributed by atoms with E-state index < -0.39 is 0 Å². The summed E-state index contributed by atoms with van der Waals surface area (Å²) in [5.74, 6) is 1.35. The molecule has 0 radical (unpaired) electrons. The maximum Gasteiger partial charge on any atom is 0.245 e. The highest BCUT2D eigenvalue weighted by molar-refractivity contribution is 6.30. The van der Waals surface area contributed by atoms with E-state index in [1.165, 1.54) is 5.56 Å². The second kappa shape index (κ2) is 5.73. The van der Waals surface area contributed by atoms with Crippen molar-refractivity contribution < 1.29 is 0 Å². The van der Waals surface area contributed by atoms with Crippen molar-refractivity contribution >= 4 is 23.5 Å². The maximum absolute atomic E-state index is 5.92. The summed E-state index contributed by atoms with van der Waals surface area (Å²) < 4.78 is 0. The Morgan fingerprint density at radius 1 is 1.39 bits per heavy atom. The summed E-state index contributed by atoms with van der Waals surface area (Å²) >= 11 is 5.92. The number of nitrogens with zero attached hydrogens (tertiary/aromatic N) is 3. The van der Waals surface area contributed by atoms with E-state index >= 15 is 0 Å². The van der Waals surface area contributed by atoms with Crippen LogP contribution in [0, 0.1) is 0 Å². The first-order valence-electron chi connectivity index (χ1n) is 5.73. The number of hydrogen-bond acceptors (Lipinski definition) is 4. The summed E-state index contributed by atoms with van der Waals surface area (Å²) in [5, 5.41) is 10.9. The highest BCUT2D eigenvalue weighted by Crippen LogP contribution is 2.11. The van der Waals surface area contributed by atoms with Crippen molar-refractivity contribution in [1.82, 2.24) is 15.2 Å². The average Bonchev–Trinajstić information content (AvgIpc) is 2.78. The number of anilines is 2. The van der Waals surface area contributed by atoms with Gasteiger partial charge in [-0.05, 0) is 24.1 Å². The molecular formula is C12H16ClN5. The van der Waals surface area contributed by atoms with Gasteiger partial charge in [0.05, 0.1) is 0 Å². The van der Waals surface area contributed by atoms with E-state index in [2.05, 4.69) is 26.6 Å². The molecule has 6 heteroatoms. The van der Waals surface area contributed by atoms with E-state index in [9.17, 15) is 0 Å². The molecule has 2 N–H and O–H groups in total. The highest BCUT2D eigenvalue weighted by atomic mass is 35.5. The lowest BCUT2D eigenvalue weighted by Gasteiger charge is -2.04. The average molecular weight is 266 g/mol. The van der Waals surface area contributed by atoms with Crippen molar-refractivity contribution in [2.45, 2.75) is 6.42 Å². The number of aromatic amines is 1. The number of nitrogens with one attached hydrogen (secondary N) is 2. The number of H-pyrrole nitrogens is 1. The molecule has 0 bridgehead atoms.